The van der Waals surface area contributed by atoms with Crippen molar-refractivity contribution < 1.29 is 27.4 Å². The van der Waals surface area contributed by atoms with E-state index in [1.165, 1.54) is 13.4 Å². The largest absolute Gasteiger partial charge is 0.462 e. The Morgan fingerprint density at radius 3 is 2.93 bits per heavy atom. The molecule has 1 fully saturated rings. The van der Waals surface area contributed by atoms with Crippen molar-refractivity contribution in [2.75, 3.05) is 38.7 Å². The fourth-order valence-electron chi connectivity index (χ4n) is 3.59. The van der Waals surface area contributed by atoms with Crippen LogP contribution in [0, 0.1) is 0 Å². The van der Waals surface area contributed by atoms with Gasteiger partial charge in [-0.05, 0) is 12.5 Å². The Kier molecular flexibility index (Phi) is 6.62. The van der Waals surface area contributed by atoms with E-state index in [9.17, 15) is 18.3 Å². The van der Waals surface area contributed by atoms with E-state index < -0.39 is 24.7 Å². The van der Waals surface area contributed by atoms with Gasteiger partial charge in [-0.3, -0.25) is 4.90 Å². The number of furan rings is 1. The lowest BCUT2D eigenvalue weighted by molar-refractivity contribution is 0.0215. The molecule has 3 atom stereocenters. The summed E-state index contributed by atoms with van der Waals surface area (Å²) in [6, 6.07) is 4.84. The molecular formula is C19H25F3N2O3. The van der Waals surface area contributed by atoms with Gasteiger partial charge in [0.15, 0.2) is 5.58 Å². The SMILES string of the molecule is COCC(O)CN1CCC(Nc2cccc3c(CC(F)F)coc23)C(F)C1. The summed E-state index contributed by atoms with van der Waals surface area (Å²) in [4.78, 5) is 1.88. The van der Waals surface area contributed by atoms with Crippen molar-refractivity contribution in [3.8, 4) is 0 Å². The number of para-hydroxylation sites is 1. The lowest BCUT2D eigenvalue weighted by Crippen LogP contribution is -2.50. The second-order valence-corrected chi connectivity index (χ2v) is 6.96. The zero-order chi connectivity index (χ0) is 19.4. The van der Waals surface area contributed by atoms with Gasteiger partial charge in [-0.25, -0.2) is 13.2 Å². The molecule has 1 aromatic carbocycles. The van der Waals surface area contributed by atoms with Gasteiger partial charge in [0.05, 0.1) is 30.7 Å². The molecule has 5 nitrogen and oxygen atoms in total. The van der Waals surface area contributed by atoms with Gasteiger partial charge >= 0.3 is 0 Å². The van der Waals surface area contributed by atoms with Crippen LogP contribution in [0.2, 0.25) is 0 Å². The van der Waals surface area contributed by atoms with Gasteiger partial charge in [0.25, 0.3) is 0 Å². The summed E-state index contributed by atoms with van der Waals surface area (Å²) >= 11 is 0. The number of hydrogen-bond donors (Lipinski definition) is 2. The van der Waals surface area contributed by atoms with Gasteiger partial charge in [0.1, 0.15) is 6.17 Å². The number of fused-ring (bicyclic) bond motifs is 1. The molecule has 3 rings (SSSR count). The fourth-order valence-corrected chi connectivity index (χ4v) is 3.59. The third-order valence-electron chi connectivity index (χ3n) is 4.85. The van der Waals surface area contributed by atoms with Crippen molar-refractivity contribution in [1.82, 2.24) is 4.90 Å². The quantitative estimate of drug-likeness (QED) is 0.730. The van der Waals surface area contributed by atoms with Gasteiger partial charge in [-0.15, -0.1) is 0 Å². The van der Waals surface area contributed by atoms with Crippen LogP contribution in [-0.2, 0) is 11.2 Å². The first kappa shape index (κ1) is 20.0. The normalized spacial score (nSPS) is 22.4. The molecule has 2 aromatic rings. The van der Waals surface area contributed by atoms with Crippen molar-refractivity contribution in [3.63, 3.8) is 0 Å². The molecule has 2 N–H and O–H groups in total. The van der Waals surface area contributed by atoms with Crippen LogP contribution < -0.4 is 5.32 Å². The van der Waals surface area contributed by atoms with Crippen molar-refractivity contribution in [3.05, 3.63) is 30.0 Å². The number of ether oxygens (including phenoxy) is 1. The second kappa shape index (κ2) is 8.95. The van der Waals surface area contributed by atoms with Crippen LogP contribution in [-0.4, -0.2) is 68.1 Å². The molecule has 2 heterocycles. The summed E-state index contributed by atoms with van der Waals surface area (Å²) in [5.41, 5.74) is 1.52. The minimum Gasteiger partial charge on any atom is -0.462 e. The Bertz CT molecular complexity index is 740. The predicted octanol–water partition coefficient (Wildman–Crippen LogP) is 3.07. The van der Waals surface area contributed by atoms with E-state index in [4.69, 9.17) is 9.15 Å². The number of alkyl halides is 3. The summed E-state index contributed by atoms with van der Waals surface area (Å²) < 4.78 is 50.4. The third kappa shape index (κ3) is 4.94. The summed E-state index contributed by atoms with van der Waals surface area (Å²) in [6.07, 6.45) is -2.69. The molecular weight excluding hydrogens is 361 g/mol. The molecule has 1 saturated heterocycles. The summed E-state index contributed by atoms with van der Waals surface area (Å²) in [5, 5.41) is 13.6. The Morgan fingerprint density at radius 1 is 1.41 bits per heavy atom. The van der Waals surface area contributed by atoms with E-state index in [0.717, 1.165) is 0 Å². The molecule has 0 bridgehead atoms. The molecule has 150 valence electrons. The first-order valence-corrected chi connectivity index (χ1v) is 9.05. The minimum atomic E-state index is -2.45. The Labute approximate surface area is 156 Å². The average molecular weight is 386 g/mol. The molecule has 0 aliphatic carbocycles. The Balaban J connectivity index is 1.65. The number of methoxy groups -OCH3 is 1. The van der Waals surface area contributed by atoms with Crippen LogP contribution in [0.15, 0.2) is 28.9 Å². The first-order chi connectivity index (χ1) is 13.0. The van der Waals surface area contributed by atoms with Gasteiger partial charge < -0.3 is 19.6 Å². The number of halogens is 3. The number of hydrogen-bond acceptors (Lipinski definition) is 5. The maximum absolute atomic E-state index is 14.7. The highest BCUT2D eigenvalue weighted by Crippen LogP contribution is 2.31. The molecule has 0 saturated carbocycles. The number of benzene rings is 1. The standard InChI is InChI=1S/C19H25F3N2O3/c1-26-11-13(25)8-24-6-5-16(15(20)9-24)23-17-4-2-3-14-12(7-18(21)22)10-27-19(14)17/h2-4,10,13,15-16,18,23,25H,5-9,11H2,1H3. The van der Waals surface area contributed by atoms with E-state index in [1.54, 1.807) is 18.2 Å². The second-order valence-electron chi connectivity index (χ2n) is 6.96. The first-order valence-electron chi connectivity index (χ1n) is 9.05. The lowest BCUT2D eigenvalue weighted by atomic mass is 10.0. The van der Waals surface area contributed by atoms with Crippen molar-refractivity contribution in [2.24, 2.45) is 0 Å². The van der Waals surface area contributed by atoms with Crippen LogP contribution in [0.25, 0.3) is 11.0 Å². The number of rotatable bonds is 8. The molecule has 27 heavy (non-hydrogen) atoms. The molecule has 3 unspecified atom stereocenters. The van der Waals surface area contributed by atoms with E-state index in [1.807, 2.05) is 4.90 Å². The van der Waals surface area contributed by atoms with Gasteiger partial charge in [-0.1, -0.05) is 12.1 Å². The van der Waals surface area contributed by atoms with Gasteiger partial charge in [-0.2, -0.15) is 0 Å². The van der Waals surface area contributed by atoms with E-state index in [0.29, 0.717) is 41.7 Å². The minimum absolute atomic E-state index is 0.212. The zero-order valence-electron chi connectivity index (χ0n) is 15.2. The highest BCUT2D eigenvalue weighted by atomic mass is 19.3. The number of nitrogens with zero attached hydrogens (tertiary/aromatic N) is 1. The highest BCUT2D eigenvalue weighted by Gasteiger charge is 2.30. The summed E-state index contributed by atoms with van der Waals surface area (Å²) in [6.45, 7) is 1.44. The topological polar surface area (TPSA) is 57.9 Å². The van der Waals surface area contributed by atoms with Gasteiger partial charge in [0, 0.05) is 44.1 Å². The van der Waals surface area contributed by atoms with Crippen molar-refractivity contribution in [1.29, 1.82) is 0 Å². The maximum Gasteiger partial charge on any atom is 0.242 e. The monoisotopic (exact) mass is 386 g/mol. The highest BCUT2D eigenvalue weighted by molar-refractivity contribution is 5.91. The smallest absolute Gasteiger partial charge is 0.242 e. The average Bonchev–Trinajstić information content (AvgIpc) is 3.01. The number of aliphatic hydroxyl groups excluding tert-OH is 1. The van der Waals surface area contributed by atoms with Crippen LogP contribution in [0.1, 0.15) is 12.0 Å². The van der Waals surface area contributed by atoms with E-state index in [2.05, 4.69) is 5.32 Å². The molecule has 8 heteroatoms. The fraction of sp³-hybridized carbons (Fsp3) is 0.579. The number of nitrogens with one attached hydrogen (secondary N) is 1. The van der Waals surface area contributed by atoms with Crippen molar-refractivity contribution in [2.45, 2.75) is 37.6 Å². The van der Waals surface area contributed by atoms with Gasteiger partial charge in [0.2, 0.25) is 6.43 Å². The lowest BCUT2D eigenvalue weighted by Gasteiger charge is -2.36. The Hall–Kier alpha value is -1.77. The molecule has 1 aliphatic heterocycles. The third-order valence-corrected chi connectivity index (χ3v) is 4.85. The van der Waals surface area contributed by atoms with Crippen LogP contribution in [0.4, 0.5) is 18.9 Å². The number of piperidine rings is 1. The molecule has 0 radical (unpaired) electrons. The Morgan fingerprint density at radius 2 is 2.22 bits per heavy atom. The number of β-amino-alcohol motifs (C(OH)–C–C–N with tert-alkyl or cyclic N) is 1. The number of aliphatic hydroxyl groups is 1. The summed E-state index contributed by atoms with van der Waals surface area (Å²) in [5.74, 6) is 0. The zero-order valence-corrected chi connectivity index (χ0v) is 15.2. The van der Waals surface area contributed by atoms with Crippen LogP contribution in [0.3, 0.4) is 0 Å². The molecule has 1 aliphatic rings. The molecule has 1 aromatic heterocycles. The summed E-state index contributed by atoms with van der Waals surface area (Å²) in [7, 11) is 1.51. The maximum atomic E-state index is 14.7. The predicted molar refractivity (Wildman–Crippen MR) is 97.2 cm³/mol. The number of anilines is 1. The van der Waals surface area contributed by atoms with Crippen LogP contribution >= 0.6 is 0 Å². The number of likely N-dealkylation sites (tertiary alicyclic amines) is 1. The van der Waals surface area contributed by atoms with E-state index >= 15 is 0 Å². The van der Waals surface area contributed by atoms with Crippen molar-refractivity contribution >= 4 is 16.7 Å². The van der Waals surface area contributed by atoms with Crippen LogP contribution in [0.5, 0.6) is 0 Å². The molecule has 0 amide bonds. The van der Waals surface area contributed by atoms with E-state index in [-0.39, 0.29) is 19.6 Å². The molecule has 0 spiro atoms.